The summed E-state index contributed by atoms with van der Waals surface area (Å²) in [5.41, 5.74) is 2.94. The Hall–Kier alpha value is -1.87. The molecule has 0 radical (unpaired) electrons. The molecule has 0 atom stereocenters. The lowest BCUT2D eigenvalue weighted by Crippen LogP contribution is -2.36. The van der Waals surface area contributed by atoms with E-state index in [0.29, 0.717) is 19.0 Å². The maximum Gasteiger partial charge on any atom is 0.226 e. The van der Waals surface area contributed by atoms with Gasteiger partial charge in [-0.2, -0.15) is 0 Å². The second-order valence-electron chi connectivity index (χ2n) is 5.69. The highest BCUT2D eigenvalue weighted by Gasteiger charge is 2.07. The van der Waals surface area contributed by atoms with Gasteiger partial charge in [0.1, 0.15) is 6.26 Å². The molecule has 1 heterocycles. The van der Waals surface area contributed by atoms with Gasteiger partial charge in [0.2, 0.25) is 5.89 Å². The Bertz CT molecular complexity index is 867. The minimum absolute atomic E-state index is 0. The lowest BCUT2D eigenvalue weighted by molar-refractivity contribution is 0.572. The molecule has 1 aromatic heterocycles. The zero-order valence-electron chi connectivity index (χ0n) is 15.0. The molecule has 3 rings (SSSR count). The second-order valence-corrected chi connectivity index (χ2v) is 6.60. The first-order chi connectivity index (χ1) is 12.7. The molecule has 7 heteroatoms. The summed E-state index contributed by atoms with van der Waals surface area (Å²) in [5, 5.41) is 6.54. The fourth-order valence-corrected chi connectivity index (χ4v) is 2.87. The van der Waals surface area contributed by atoms with Crippen LogP contribution in [0.5, 0.6) is 0 Å². The highest BCUT2D eigenvalue weighted by molar-refractivity contribution is 14.0. The molecule has 0 bridgehead atoms. The van der Waals surface area contributed by atoms with Crippen LogP contribution < -0.4 is 10.6 Å². The van der Waals surface area contributed by atoms with Crippen LogP contribution in [0.25, 0.3) is 11.5 Å². The van der Waals surface area contributed by atoms with Crippen LogP contribution in [0.3, 0.4) is 0 Å². The van der Waals surface area contributed by atoms with Crippen molar-refractivity contribution in [2.45, 2.75) is 20.0 Å². The first-order valence-corrected chi connectivity index (χ1v) is 9.30. The number of aliphatic imine (C=N–C) groups is 1. The third-order valence-electron chi connectivity index (χ3n) is 3.66. The Kier molecular flexibility index (Phi) is 8.80. The summed E-state index contributed by atoms with van der Waals surface area (Å²) in [6.45, 7) is 3.97. The Morgan fingerprint density at radius 3 is 2.67 bits per heavy atom. The monoisotopic (exact) mass is 540 g/mol. The lowest BCUT2D eigenvalue weighted by atomic mass is 10.2. The SMILES string of the molecule is CCNC(=NCc1cccc(Br)c1)NCc1coc(-c2ccccc2)n1.I. The summed E-state index contributed by atoms with van der Waals surface area (Å²) < 4.78 is 6.62. The third kappa shape index (κ3) is 6.66. The normalized spacial score (nSPS) is 11.0. The Labute approximate surface area is 184 Å². The van der Waals surface area contributed by atoms with Crippen molar-refractivity contribution in [1.82, 2.24) is 15.6 Å². The zero-order valence-corrected chi connectivity index (χ0v) is 18.9. The van der Waals surface area contributed by atoms with Crippen LogP contribution in [0.2, 0.25) is 0 Å². The van der Waals surface area contributed by atoms with E-state index in [2.05, 4.69) is 48.7 Å². The highest BCUT2D eigenvalue weighted by atomic mass is 127. The predicted octanol–water partition coefficient (Wildman–Crippen LogP) is 4.98. The van der Waals surface area contributed by atoms with E-state index in [4.69, 9.17) is 4.42 Å². The highest BCUT2D eigenvalue weighted by Crippen LogP contribution is 2.17. The molecule has 0 fully saturated rings. The standard InChI is InChI=1S/C20H21BrN4O.HI/c1-2-22-20(23-12-15-7-6-10-17(21)11-15)24-13-18-14-26-19(25-18)16-8-4-3-5-9-16;/h3-11,14H,2,12-13H2,1H3,(H2,22,23,24);1H. The molecular formula is C20H22BrIN4O. The molecule has 0 saturated carbocycles. The number of guanidine groups is 1. The third-order valence-corrected chi connectivity index (χ3v) is 4.16. The number of rotatable bonds is 6. The molecular weight excluding hydrogens is 519 g/mol. The molecule has 0 amide bonds. The number of nitrogens with zero attached hydrogens (tertiary/aromatic N) is 2. The molecule has 0 aliphatic heterocycles. The molecule has 5 nitrogen and oxygen atoms in total. The van der Waals surface area contributed by atoms with Crippen molar-refractivity contribution in [3.8, 4) is 11.5 Å². The first-order valence-electron chi connectivity index (χ1n) is 8.51. The van der Waals surface area contributed by atoms with Crippen LogP contribution in [0.1, 0.15) is 18.2 Å². The van der Waals surface area contributed by atoms with Crippen LogP contribution in [-0.2, 0) is 13.1 Å². The topological polar surface area (TPSA) is 62.5 Å². The van der Waals surface area contributed by atoms with Crippen molar-refractivity contribution in [2.75, 3.05) is 6.54 Å². The van der Waals surface area contributed by atoms with Gasteiger partial charge in [-0.15, -0.1) is 24.0 Å². The average molecular weight is 541 g/mol. The van der Waals surface area contributed by atoms with E-state index in [1.54, 1.807) is 6.26 Å². The summed E-state index contributed by atoms with van der Waals surface area (Å²) in [7, 11) is 0. The summed E-state index contributed by atoms with van der Waals surface area (Å²) >= 11 is 3.48. The summed E-state index contributed by atoms with van der Waals surface area (Å²) in [6.07, 6.45) is 1.67. The van der Waals surface area contributed by atoms with Crippen molar-refractivity contribution >= 4 is 45.9 Å². The van der Waals surface area contributed by atoms with E-state index in [1.807, 2.05) is 49.4 Å². The summed E-state index contributed by atoms with van der Waals surface area (Å²) in [6, 6.07) is 18.0. The first kappa shape index (κ1) is 21.4. The molecule has 27 heavy (non-hydrogen) atoms. The number of hydrogen-bond donors (Lipinski definition) is 2. The van der Waals surface area contributed by atoms with Gasteiger partial charge in [0.05, 0.1) is 18.8 Å². The molecule has 2 aromatic carbocycles. The molecule has 3 aromatic rings. The van der Waals surface area contributed by atoms with Crippen LogP contribution in [0.4, 0.5) is 0 Å². The molecule has 0 aliphatic rings. The van der Waals surface area contributed by atoms with Gasteiger partial charge < -0.3 is 15.1 Å². The second kappa shape index (κ2) is 11.1. The van der Waals surface area contributed by atoms with E-state index < -0.39 is 0 Å². The number of oxazole rings is 1. The zero-order chi connectivity index (χ0) is 18.2. The van der Waals surface area contributed by atoms with E-state index in [9.17, 15) is 0 Å². The molecule has 142 valence electrons. The van der Waals surface area contributed by atoms with Crippen LogP contribution in [-0.4, -0.2) is 17.5 Å². The number of halogens is 2. The molecule has 0 spiro atoms. The van der Waals surface area contributed by atoms with Gasteiger partial charge in [-0.3, -0.25) is 0 Å². The minimum atomic E-state index is 0. The van der Waals surface area contributed by atoms with Crippen molar-refractivity contribution in [3.63, 3.8) is 0 Å². The van der Waals surface area contributed by atoms with Gasteiger partial charge in [-0.05, 0) is 36.8 Å². The number of aromatic nitrogens is 1. The van der Waals surface area contributed by atoms with Gasteiger partial charge in [0.25, 0.3) is 0 Å². The van der Waals surface area contributed by atoms with Gasteiger partial charge in [-0.1, -0.05) is 46.3 Å². The number of benzene rings is 2. The van der Waals surface area contributed by atoms with Gasteiger partial charge in [-0.25, -0.2) is 9.98 Å². The molecule has 0 unspecified atom stereocenters. The Morgan fingerprint density at radius 2 is 1.93 bits per heavy atom. The van der Waals surface area contributed by atoms with Crippen molar-refractivity contribution in [2.24, 2.45) is 4.99 Å². The maximum atomic E-state index is 5.57. The van der Waals surface area contributed by atoms with E-state index >= 15 is 0 Å². The number of nitrogens with one attached hydrogen (secondary N) is 2. The van der Waals surface area contributed by atoms with Crippen molar-refractivity contribution in [1.29, 1.82) is 0 Å². The van der Waals surface area contributed by atoms with Gasteiger partial charge in [0.15, 0.2) is 5.96 Å². The maximum absolute atomic E-state index is 5.57. The van der Waals surface area contributed by atoms with Gasteiger partial charge in [0, 0.05) is 16.6 Å². The Balaban J connectivity index is 0.00000261. The van der Waals surface area contributed by atoms with Crippen LogP contribution >= 0.6 is 39.9 Å². The van der Waals surface area contributed by atoms with Crippen molar-refractivity contribution < 1.29 is 4.42 Å². The molecule has 0 aliphatic carbocycles. The summed E-state index contributed by atoms with van der Waals surface area (Å²) in [4.78, 5) is 9.14. The quantitative estimate of drug-likeness (QED) is 0.263. The van der Waals surface area contributed by atoms with E-state index in [1.165, 1.54) is 0 Å². The van der Waals surface area contributed by atoms with Crippen LogP contribution in [0, 0.1) is 0 Å². The number of hydrogen-bond acceptors (Lipinski definition) is 3. The molecule has 0 saturated heterocycles. The minimum Gasteiger partial charge on any atom is -0.444 e. The molecule has 2 N–H and O–H groups in total. The fourth-order valence-electron chi connectivity index (χ4n) is 2.42. The van der Waals surface area contributed by atoms with Crippen molar-refractivity contribution in [3.05, 3.63) is 76.6 Å². The lowest BCUT2D eigenvalue weighted by Gasteiger charge is -2.10. The smallest absolute Gasteiger partial charge is 0.226 e. The van der Waals surface area contributed by atoms with E-state index in [-0.39, 0.29) is 24.0 Å². The average Bonchev–Trinajstić information content (AvgIpc) is 3.14. The largest absolute Gasteiger partial charge is 0.444 e. The van der Waals surface area contributed by atoms with E-state index in [0.717, 1.165) is 33.8 Å². The predicted molar refractivity (Wildman–Crippen MR) is 123 cm³/mol. The van der Waals surface area contributed by atoms with Crippen LogP contribution in [0.15, 0.2) is 74.7 Å². The summed E-state index contributed by atoms with van der Waals surface area (Å²) in [5.74, 6) is 1.37. The fraction of sp³-hybridized carbons (Fsp3) is 0.200. The van der Waals surface area contributed by atoms with Gasteiger partial charge >= 0.3 is 0 Å². The Morgan fingerprint density at radius 1 is 1.11 bits per heavy atom.